The maximum atomic E-state index is 11.9. The van der Waals surface area contributed by atoms with Gasteiger partial charge in [0.2, 0.25) is 0 Å². The summed E-state index contributed by atoms with van der Waals surface area (Å²) in [7, 11) is 0. The predicted octanol–water partition coefficient (Wildman–Crippen LogP) is 2.96. The molecule has 1 nitrogen and oxygen atoms in total. The molecule has 0 aliphatic heterocycles. The van der Waals surface area contributed by atoms with Crippen LogP contribution in [-0.4, -0.2) is 5.78 Å². The highest BCUT2D eigenvalue weighted by molar-refractivity contribution is 5.90. The molecular weight excluding hydrogens is 208 g/mol. The Hall–Kier alpha value is -1.81. The van der Waals surface area contributed by atoms with Crippen LogP contribution in [0.4, 0.5) is 0 Å². The van der Waals surface area contributed by atoms with Crippen molar-refractivity contribution in [2.75, 3.05) is 0 Å². The van der Waals surface area contributed by atoms with Crippen LogP contribution < -0.4 is 0 Å². The van der Waals surface area contributed by atoms with Gasteiger partial charge in [0.1, 0.15) is 5.78 Å². The van der Waals surface area contributed by atoms with Gasteiger partial charge >= 0.3 is 0 Å². The van der Waals surface area contributed by atoms with Gasteiger partial charge in [0.05, 0.1) is 5.92 Å². The lowest BCUT2D eigenvalue weighted by molar-refractivity contribution is -0.123. The molecule has 0 radical (unpaired) electrons. The van der Waals surface area contributed by atoms with Gasteiger partial charge in [-0.3, -0.25) is 4.79 Å². The minimum absolute atomic E-state index is 0.102. The molecule has 0 amide bonds. The first-order valence-corrected chi connectivity index (χ1v) is 6.15. The minimum atomic E-state index is 0.102. The summed E-state index contributed by atoms with van der Waals surface area (Å²) in [6.45, 7) is 0. The molecule has 0 spiro atoms. The van der Waals surface area contributed by atoms with Crippen LogP contribution in [0.3, 0.4) is 0 Å². The topological polar surface area (TPSA) is 17.1 Å². The van der Waals surface area contributed by atoms with Crippen molar-refractivity contribution in [1.82, 2.24) is 0 Å². The molecule has 0 N–H and O–H groups in total. The zero-order valence-corrected chi connectivity index (χ0v) is 9.65. The Morgan fingerprint density at radius 2 is 1.88 bits per heavy atom. The maximum absolute atomic E-state index is 11.9. The van der Waals surface area contributed by atoms with Crippen LogP contribution in [0.5, 0.6) is 0 Å². The van der Waals surface area contributed by atoms with Crippen LogP contribution in [0, 0.1) is 23.7 Å². The lowest BCUT2D eigenvalue weighted by Crippen LogP contribution is -2.19. The molecule has 0 saturated heterocycles. The summed E-state index contributed by atoms with van der Waals surface area (Å²) in [6.07, 6.45) is 5.11. The number of carbonyl (C=O) groups is 1. The predicted molar refractivity (Wildman–Crippen MR) is 67.2 cm³/mol. The molecule has 17 heavy (non-hydrogen) atoms. The largest absolute Gasteiger partial charge is 0.299 e. The van der Waals surface area contributed by atoms with Crippen molar-refractivity contribution in [3.63, 3.8) is 0 Å². The fourth-order valence-corrected chi connectivity index (χ4v) is 2.70. The van der Waals surface area contributed by atoms with Crippen molar-refractivity contribution in [2.45, 2.75) is 19.3 Å². The van der Waals surface area contributed by atoms with Crippen molar-refractivity contribution in [2.24, 2.45) is 11.8 Å². The second-order valence-electron chi connectivity index (χ2n) is 4.74. The van der Waals surface area contributed by atoms with Crippen molar-refractivity contribution in [3.05, 3.63) is 47.5 Å². The van der Waals surface area contributed by atoms with Gasteiger partial charge < -0.3 is 0 Å². The Labute approximate surface area is 102 Å². The van der Waals surface area contributed by atoms with Crippen molar-refractivity contribution < 1.29 is 4.79 Å². The van der Waals surface area contributed by atoms with Gasteiger partial charge in [-0.1, -0.05) is 36.1 Å². The van der Waals surface area contributed by atoms with E-state index in [0.717, 1.165) is 30.4 Å². The van der Waals surface area contributed by atoms with E-state index in [0.29, 0.717) is 11.7 Å². The average molecular weight is 222 g/mol. The number of carbonyl (C=O) groups excluding carboxylic acids is 1. The van der Waals surface area contributed by atoms with Gasteiger partial charge in [0.15, 0.2) is 0 Å². The summed E-state index contributed by atoms with van der Waals surface area (Å²) >= 11 is 0. The van der Waals surface area contributed by atoms with E-state index >= 15 is 0 Å². The number of benzene rings is 1. The van der Waals surface area contributed by atoms with Gasteiger partial charge in [-0.25, -0.2) is 0 Å². The SMILES string of the molecule is O=C1C2CC=C(C#Cc3ccccc3)C1CC2. The fraction of sp³-hybridized carbons (Fsp3) is 0.312. The van der Waals surface area contributed by atoms with Crippen molar-refractivity contribution in [3.8, 4) is 11.8 Å². The molecule has 2 bridgehead atoms. The van der Waals surface area contributed by atoms with E-state index in [1.165, 1.54) is 0 Å². The number of fused-ring (bicyclic) bond motifs is 2. The Morgan fingerprint density at radius 1 is 1.06 bits per heavy atom. The molecule has 1 aromatic carbocycles. The summed E-state index contributed by atoms with van der Waals surface area (Å²) in [4.78, 5) is 11.9. The van der Waals surface area contributed by atoms with Gasteiger partial charge in [-0.15, -0.1) is 0 Å². The van der Waals surface area contributed by atoms with Crippen molar-refractivity contribution >= 4 is 5.78 Å². The number of allylic oxidation sites excluding steroid dienone is 2. The van der Waals surface area contributed by atoms with E-state index in [9.17, 15) is 4.79 Å². The highest BCUT2D eigenvalue weighted by Crippen LogP contribution is 2.38. The van der Waals surface area contributed by atoms with Gasteiger partial charge in [-0.05, 0) is 31.4 Å². The van der Waals surface area contributed by atoms with Crippen LogP contribution >= 0.6 is 0 Å². The van der Waals surface area contributed by atoms with E-state index in [4.69, 9.17) is 0 Å². The summed E-state index contributed by atoms with van der Waals surface area (Å²) in [5, 5.41) is 0. The van der Waals surface area contributed by atoms with Gasteiger partial charge in [0, 0.05) is 17.1 Å². The fourth-order valence-electron chi connectivity index (χ4n) is 2.70. The van der Waals surface area contributed by atoms with Crippen LogP contribution in [0.25, 0.3) is 0 Å². The smallest absolute Gasteiger partial charge is 0.144 e. The molecular formula is C16H14O. The Kier molecular flexibility index (Phi) is 2.57. The number of rotatable bonds is 0. The zero-order chi connectivity index (χ0) is 11.7. The third kappa shape index (κ3) is 1.91. The Bertz CT molecular complexity index is 528. The first-order chi connectivity index (χ1) is 8.34. The first-order valence-electron chi connectivity index (χ1n) is 6.15. The van der Waals surface area contributed by atoms with Gasteiger partial charge in [0.25, 0.3) is 0 Å². The molecule has 2 unspecified atom stereocenters. The van der Waals surface area contributed by atoms with E-state index in [1.807, 2.05) is 30.3 Å². The van der Waals surface area contributed by atoms with E-state index < -0.39 is 0 Å². The number of ketones is 1. The zero-order valence-electron chi connectivity index (χ0n) is 9.65. The first kappa shape index (κ1) is 10.4. The number of hydrogen-bond acceptors (Lipinski definition) is 1. The summed E-state index contributed by atoms with van der Waals surface area (Å²) in [6, 6.07) is 9.94. The van der Waals surface area contributed by atoms with Crippen LogP contribution in [-0.2, 0) is 4.79 Å². The molecule has 2 aliphatic carbocycles. The normalized spacial score (nSPS) is 26.1. The van der Waals surface area contributed by atoms with Crippen LogP contribution in [0.1, 0.15) is 24.8 Å². The summed E-state index contributed by atoms with van der Waals surface area (Å²) in [5.74, 6) is 7.15. The third-order valence-corrected chi connectivity index (χ3v) is 3.67. The lowest BCUT2D eigenvalue weighted by Gasteiger charge is -2.14. The van der Waals surface area contributed by atoms with Crippen molar-refractivity contribution in [1.29, 1.82) is 0 Å². The second-order valence-corrected chi connectivity index (χ2v) is 4.74. The molecule has 1 fully saturated rings. The minimum Gasteiger partial charge on any atom is -0.299 e. The third-order valence-electron chi connectivity index (χ3n) is 3.67. The summed E-state index contributed by atoms with van der Waals surface area (Å²) < 4.78 is 0. The Morgan fingerprint density at radius 3 is 2.71 bits per heavy atom. The molecule has 84 valence electrons. The average Bonchev–Trinajstić information content (AvgIpc) is 2.62. The monoisotopic (exact) mass is 222 g/mol. The van der Waals surface area contributed by atoms with Crippen LogP contribution in [0.2, 0.25) is 0 Å². The molecule has 3 rings (SSSR count). The lowest BCUT2D eigenvalue weighted by atomic mass is 9.87. The standard InChI is InChI=1S/C16H14O/c17-16-14-9-8-13(15(16)11-10-14)7-6-12-4-2-1-3-5-12/h1-5,8,14-15H,9-11H2. The summed E-state index contributed by atoms with van der Waals surface area (Å²) in [5.41, 5.74) is 2.06. The highest BCUT2D eigenvalue weighted by Gasteiger charge is 2.38. The molecule has 1 heteroatoms. The van der Waals surface area contributed by atoms with E-state index in [-0.39, 0.29) is 5.92 Å². The molecule has 1 aromatic rings. The second kappa shape index (κ2) is 4.22. The highest BCUT2D eigenvalue weighted by atomic mass is 16.1. The molecule has 2 aliphatic rings. The number of hydrogen-bond donors (Lipinski definition) is 0. The molecule has 0 heterocycles. The Balaban J connectivity index is 1.85. The quantitative estimate of drug-likeness (QED) is 0.617. The molecule has 1 saturated carbocycles. The van der Waals surface area contributed by atoms with E-state index in [1.54, 1.807) is 0 Å². The molecule has 0 aromatic heterocycles. The number of Topliss-reactive ketones (excluding diaryl/α,β-unsaturated/α-hetero) is 1. The van der Waals surface area contributed by atoms with E-state index in [2.05, 4.69) is 17.9 Å². The van der Waals surface area contributed by atoms with Crippen LogP contribution in [0.15, 0.2) is 42.0 Å². The molecule has 2 atom stereocenters. The maximum Gasteiger partial charge on any atom is 0.144 e. The van der Waals surface area contributed by atoms with Gasteiger partial charge in [-0.2, -0.15) is 0 Å².